The molecule has 88 heavy (non-hydrogen) atoms. The molecule has 20 heteroatoms. The molecule has 0 spiro atoms. The van der Waals surface area contributed by atoms with E-state index in [1.807, 2.05) is 73.9 Å². The van der Waals surface area contributed by atoms with Crippen molar-refractivity contribution in [2.24, 2.45) is 0 Å². The molecule has 0 saturated carbocycles. The molecule has 0 unspecified atom stereocenters. The van der Waals surface area contributed by atoms with Gasteiger partial charge < -0.3 is 41.0 Å². The number of aromatic nitrogens is 2. The minimum Gasteiger partial charge on any atom is -0.352 e. The number of rotatable bonds is 18. The van der Waals surface area contributed by atoms with Crippen molar-refractivity contribution in [3.8, 4) is 0 Å². The van der Waals surface area contributed by atoms with Crippen LogP contribution in [0, 0.1) is 11.6 Å². The van der Waals surface area contributed by atoms with E-state index in [1.54, 1.807) is 24.3 Å². The summed E-state index contributed by atoms with van der Waals surface area (Å²) in [7, 11) is 0. The molecule has 4 saturated heterocycles. The van der Waals surface area contributed by atoms with E-state index >= 15 is 0 Å². The van der Waals surface area contributed by atoms with Gasteiger partial charge in [-0.25, -0.2) is 8.78 Å². The molecular weight excluding hydrogens is 1120 g/mol. The summed E-state index contributed by atoms with van der Waals surface area (Å²) in [4.78, 5) is 102. The topological polar surface area (TPSA) is 202 Å². The van der Waals surface area contributed by atoms with Crippen LogP contribution in [0.15, 0.2) is 94.5 Å². The van der Waals surface area contributed by atoms with Gasteiger partial charge in [0.2, 0.25) is 23.6 Å². The highest BCUT2D eigenvalue weighted by molar-refractivity contribution is 5.98. The maximum atomic E-state index is 14.4. The van der Waals surface area contributed by atoms with Crippen molar-refractivity contribution in [3.63, 3.8) is 0 Å². The Balaban J connectivity index is 0.630. The number of hydrogen-bond acceptors (Lipinski definition) is 12. The molecule has 0 aliphatic carbocycles. The number of piperazine rings is 2. The van der Waals surface area contributed by atoms with Crippen molar-refractivity contribution in [1.82, 2.24) is 50.8 Å². The number of fused-ring (bicyclic) bond motifs is 2. The molecule has 3 aromatic carbocycles. The maximum Gasteiger partial charge on any atom is 0.251 e. The number of aromatic amines is 2. The Morgan fingerprint density at radius 3 is 1.31 bits per heavy atom. The Labute approximate surface area is 515 Å². The number of anilines is 2. The lowest BCUT2D eigenvalue weighted by molar-refractivity contribution is -0.122. The molecule has 6 N–H and O–H groups in total. The summed E-state index contributed by atoms with van der Waals surface area (Å²) in [6, 6.07) is 24.2. The zero-order chi connectivity index (χ0) is 62.0. The number of likely N-dealkylation sites (tertiary alicyclic amines) is 2. The van der Waals surface area contributed by atoms with Gasteiger partial charge in [-0.2, -0.15) is 0 Å². The average molecular weight is 1210 g/mol. The Kier molecular flexibility index (Phi) is 19.0. The fraction of sp³-hybridized carbons (Fsp3) is 0.529. The average Bonchev–Trinajstić information content (AvgIpc) is 1.74. The van der Waals surface area contributed by atoms with Crippen LogP contribution in [0.1, 0.15) is 112 Å². The molecule has 0 radical (unpaired) electrons. The van der Waals surface area contributed by atoms with Gasteiger partial charge in [-0.3, -0.25) is 48.4 Å². The third-order valence-electron chi connectivity index (χ3n) is 19.0. The van der Waals surface area contributed by atoms with Gasteiger partial charge in [-0.15, -0.1) is 0 Å². The monoisotopic (exact) mass is 1210 g/mol. The summed E-state index contributed by atoms with van der Waals surface area (Å²) in [5.41, 5.74) is 6.05. The van der Waals surface area contributed by atoms with E-state index in [-0.39, 0.29) is 109 Å². The van der Waals surface area contributed by atoms with Crippen molar-refractivity contribution in [3.05, 3.63) is 162 Å². The highest BCUT2D eigenvalue weighted by Gasteiger charge is 2.43. The van der Waals surface area contributed by atoms with Crippen LogP contribution in [0.3, 0.4) is 0 Å². The van der Waals surface area contributed by atoms with Crippen LogP contribution in [0.25, 0.3) is 0 Å². The molecule has 18 nitrogen and oxygen atoms in total. The maximum absolute atomic E-state index is 14.4. The highest BCUT2D eigenvalue weighted by atomic mass is 19.1. The van der Waals surface area contributed by atoms with Crippen LogP contribution in [0.4, 0.5) is 20.2 Å². The van der Waals surface area contributed by atoms with Gasteiger partial charge >= 0.3 is 0 Å². The zero-order valence-corrected chi connectivity index (χ0v) is 52.0. The van der Waals surface area contributed by atoms with Crippen molar-refractivity contribution in [1.29, 1.82) is 0 Å². The van der Waals surface area contributed by atoms with E-state index in [9.17, 15) is 37.5 Å². The van der Waals surface area contributed by atoms with Gasteiger partial charge in [0.1, 0.15) is 11.6 Å². The molecule has 6 aliphatic rings. The number of carbonyl (C=O) groups excluding carboxylic acids is 4. The highest BCUT2D eigenvalue weighted by Crippen LogP contribution is 2.41. The SMILES string of the molecule is C[C@@H]1CN(CC(=O)N2CC(C)(C)c3[nH]c(=O)c(Cc4ccc(F)cc4)cc32)[C@@H](CN2CCC[C@H](NC(=O)Cc3ccc(CC(=O)N[C@H]4CCCN(C[C@H]5CN[C@H](C)CN5CC(=O)N5CC(C)(C)c6[nH]c(=O)c(Cc7ccc(F)cc7)cc65)C4)cc3)C2)CN1. The second kappa shape index (κ2) is 26.6. The first kappa shape index (κ1) is 62.7. The summed E-state index contributed by atoms with van der Waals surface area (Å²) in [5.74, 6) is -0.803. The quantitative estimate of drug-likeness (QED) is 0.0706. The summed E-state index contributed by atoms with van der Waals surface area (Å²) in [6.45, 7) is 21.4. The second-order valence-corrected chi connectivity index (χ2v) is 27.4. The number of pyridine rings is 2. The smallest absolute Gasteiger partial charge is 0.251 e. The van der Waals surface area contributed by atoms with Crippen LogP contribution in [-0.2, 0) is 55.7 Å². The van der Waals surface area contributed by atoms with Crippen LogP contribution in [-0.4, -0.2) is 181 Å². The predicted molar refractivity (Wildman–Crippen MR) is 338 cm³/mol. The third kappa shape index (κ3) is 15.0. The van der Waals surface area contributed by atoms with Gasteiger partial charge in [-0.1, -0.05) is 76.2 Å². The van der Waals surface area contributed by atoms with Crippen LogP contribution >= 0.6 is 0 Å². The Morgan fingerprint density at radius 1 is 0.545 bits per heavy atom. The van der Waals surface area contributed by atoms with Gasteiger partial charge in [0.25, 0.3) is 11.1 Å². The van der Waals surface area contributed by atoms with Crippen molar-refractivity contribution < 1.29 is 28.0 Å². The fourth-order valence-corrected chi connectivity index (χ4v) is 14.4. The first-order chi connectivity index (χ1) is 42.1. The number of amides is 4. The number of H-pyrrole nitrogens is 2. The van der Waals surface area contributed by atoms with Crippen molar-refractivity contribution >= 4 is 35.0 Å². The number of halogens is 2. The fourth-order valence-electron chi connectivity index (χ4n) is 14.4. The van der Waals surface area contributed by atoms with E-state index in [0.717, 1.165) is 110 Å². The van der Waals surface area contributed by atoms with E-state index in [4.69, 9.17) is 0 Å². The number of nitrogens with one attached hydrogen (secondary N) is 6. The molecule has 2 aromatic heterocycles. The number of piperidine rings is 2. The van der Waals surface area contributed by atoms with Crippen LogP contribution in [0.5, 0.6) is 0 Å². The number of hydrogen-bond donors (Lipinski definition) is 6. The van der Waals surface area contributed by atoms with Gasteiger partial charge in [0.15, 0.2) is 0 Å². The Hall–Kier alpha value is -6.94. The molecule has 4 amide bonds. The van der Waals surface area contributed by atoms with E-state index in [1.165, 1.54) is 24.3 Å². The largest absolute Gasteiger partial charge is 0.352 e. The summed E-state index contributed by atoms with van der Waals surface area (Å²) >= 11 is 0. The lowest BCUT2D eigenvalue weighted by Crippen LogP contribution is -2.62. The number of benzene rings is 3. The minimum atomic E-state index is -0.450. The van der Waals surface area contributed by atoms with E-state index in [2.05, 4.69) is 64.7 Å². The first-order valence-electron chi connectivity index (χ1n) is 31.8. The summed E-state index contributed by atoms with van der Waals surface area (Å²) in [6.07, 6.45) is 4.75. The second-order valence-electron chi connectivity index (χ2n) is 27.4. The normalized spacial score (nSPS) is 24.0. The molecule has 0 bridgehead atoms. The van der Waals surface area contributed by atoms with Gasteiger partial charge in [-0.05, 0) is 111 Å². The van der Waals surface area contributed by atoms with Gasteiger partial charge in [0.05, 0.1) is 37.3 Å². The Morgan fingerprint density at radius 2 is 0.920 bits per heavy atom. The third-order valence-corrected chi connectivity index (χ3v) is 19.0. The lowest BCUT2D eigenvalue weighted by Gasteiger charge is -2.43. The molecule has 6 aliphatic heterocycles. The van der Waals surface area contributed by atoms with Crippen molar-refractivity contribution in [2.45, 2.75) is 140 Å². The Bertz CT molecular complexity index is 3240. The first-order valence-corrected chi connectivity index (χ1v) is 31.8. The molecule has 470 valence electrons. The van der Waals surface area contributed by atoms with E-state index in [0.29, 0.717) is 63.2 Å². The molecule has 6 atom stereocenters. The molecule has 8 heterocycles. The predicted octanol–water partition coefficient (Wildman–Crippen LogP) is 4.74. The summed E-state index contributed by atoms with van der Waals surface area (Å²) in [5, 5.41) is 13.9. The standard InChI is InChI=1S/C68H88F2N12O6/c1-43-33-79(39-61(85)81-41-67(3,4)63-57(81)29-49(65(87)75-63)25-45-15-19-51(69)20-16-45)55(31-71-43)37-77-23-7-9-53(35-77)73-59(83)27-47-11-13-48(14-12-47)28-60(84)74-54-10-8-24-78(36-54)38-56-32-72-44(2)34-80(56)40-62(86)82-42-68(5,6)64-58(82)30-50(66(88)76-64)26-46-17-21-52(70)22-18-46/h11-22,29-30,43-44,53-56,71-72H,7-10,23-28,31-42H2,1-6H3,(H,73,83)(H,74,84)(H,75,87)(H,76,88)/t43-,44-,53+,54+,55-,56-/m1/s1. The summed E-state index contributed by atoms with van der Waals surface area (Å²) < 4.78 is 27.3. The lowest BCUT2D eigenvalue weighted by atomic mass is 9.91. The zero-order valence-electron chi connectivity index (χ0n) is 52.0. The van der Waals surface area contributed by atoms with Crippen LogP contribution in [0.2, 0.25) is 0 Å². The van der Waals surface area contributed by atoms with Gasteiger partial charge in [0, 0.05) is 148 Å². The van der Waals surface area contributed by atoms with E-state index < -0.39 is 10.8 Å². The molecular formula is C68H88F2N12O6. The molecule has 5 aromatic rings. The van der Waals surface area contributed by atoms with Crippen LogP contribution < -0.4 is 42.2 Å². The number of carbonyl (C=O) groups is 4. The number of nitrogens with zero attached hydrogens (tertiary/aromatic N) is 6. The molecule has 4 fully saturated rings. The minimum absolute atomic E-state index is 0.0101. The van der Waals surface area contributed by atoms with Crippen molar-refractivity contribution in [2.75, 3.05) is 101 Å². The molecule has 11 rings (SSSR count).